The van der Waals surface area contributed by atoms with Crippen LogP contribution in [0.3, 0.4) is 0 Å². The van der Waals surface area contributed by atoms with Gasteiger partial charge in [0.1, 0.15) is 0 Å². The molecule has 1 rings (SSSR count). The molecule has 86 valence electrons. The van der Waals surface area contributed by atoms with Gasteiger partial charge in [0.15, 0.2) is 0 Å². The second-order valence-corrected chi connectivity index (χ2v) is 5.10. The van der Waals surface area contributed by atoms with Gasteiger partial charge in [-0.3, -0.25) is 4.90 Å². The van der Waals surface area contributed by atoms with Crippen molar-refractivity contribution in [2.24, 2.45) is 0 Å². The third kappa shape index (κ3) is 3.81. The van der Waals surface area contributed by atoms with Crippen LogP contribution in [0.4, 0.5) is 0 Å². The van der Waals surface area contributed by atoms with E-state index in [9.17, 15) is 0 Å². The van der Waals surface area contributed by atoms with E-state index in [4.69, 9.17) is 5.26 Å². The highest BCUT2D eigenvalue weighted by atomic mass is 15.2. The molecule has 0 amide bonds. The minimum Gasteiger partial charge on any atom is -0.309 e. The van der Waals surface area contributed by atoms with E-state index in [1.54, 1.807) is 0 Å². The molecular formula is C12H23N3. The summed E-state index contributed by atoms with van der Waals surface area (Å²) in [6, 6.07) is 2.70. The van der Waals surface area contributed by atoms with Crippen LogP contribution in [-0.4, -0.2) is 36.1 Å². The van der Waals surface area contributed by atoms with E-state index >= 15 is 0 Å². The smallest absolute Gasteiger partial charge is 0.0638 e. The minimum absolute atomic E-state index is 0.194. The summed E-state index contributed by atoms with van der Waals surface area (Å²) in [5, 5.41) is 12.3. The summed E-state index contributed by atoms with van der Waals surface area (Å²) in [6.07, 6.45) is 3.11. The highest BCUT2D eigenvalue weighted by molar-refractivity contribution is 4.95. The van der Waals surface area contributed by atoms with Crippen LogP contribution >= 0.6 is 0 Å². The monoisotopic (exact) mass is 209 g/mol. The normalized spacial score (nSPS) is 26.1. The lowest BCUT2D eigenvalue weighted by Gasteiger charge is -2.44. The molecule has 1 aliphatic rings. The summed E-state index contributed by atoms with van der Waals surface area (Å²) >= 11 is 0. The van der Waals surface area contributed by atoms with Crippen molar-refractivity contribution in [3.8, 4) is 6.07 Å². The van der Waals surface area contributed by atoms with Crippen LogP contribution in [0.15, 0.2) is 0 Å². The van der Waals surface area contributed by atoms with Gasteiger partial charge in [0.2, 0.25) is 0 Å². The Bertz CT molecular complexity index is 230. The zero-order valence-electron chi connectivity index (χ0n) is 10.2. The summed E-state index contributed by atoms with van der Waals surface area (Å²) in [5.74, 6) is 0. The maximum atomic E-state index is 8.79. The first-order valence-corrected chi connectivity index (χ1v) is 5.95. The molecule has 15 heavy (non-hydrogen) atoms. The molecule has 0 aromatic rings. The summed E-state index contributed by atoms with van der Waals surface area (Å²) < 4.78 is 0. The highest BCUT2D eigenvalue weighted by Crippen LogP contribution is 2.17. The maximum Gasteiger partial charge on any atom is 0.0638 e. The van der Waals surface area contributed by atoms with E-state index in [2.05, 4.69) is 37.1 Å². The van der Waals surface area contributed by atoms with E-state index in [-0.39, 0.29) is 5.54 Å². The van der Waals surface area contributed by atoms with E-state index in [1.165, 1.54) is 12.8 Å². The first kappa shape index (κ1) is 12.5. The van der Waals surface area contributed by atoms with Crippen molar-refractivity contribution in [1.29, 1.82) is 5.26 Å². The van der Waals surface area contributed by atoms with Crippen LogP contribution in [0.5, 0.6) is 0 Å². The zero-order valence-corrected chi connectivity index (χ0v) is 10.2. The van der Waals surface area contributed by atoms with Crippen LogP contribution in [0.1, 0.15) is 40.0 Å². The van der Waals surface area contributed by atoms with Gasteiger partial charge >= 0.3 is 0 Å². The lowest BCUT2D eigenvalue weighted by atomic mass is 9.97. The molecule has 0 radical (unpaired) electrons. The number of hydrogen-bond donors (Lipinski definition) is 1. The molecule has 1 unspecified atom stereocenters. The van der Waals surface area contributed by atoms with Crippen molar-refractivity contribution < 1.29 is 0 Å². The number of nitrogens with one attached hydrogen (secondary N) is 1. The summed E-state index contributed by atoms with van der Waals surface area (Å²) in [6.45, 7) is 9.81. The maximum absolute atomic E-state index is 8.79. The molecule has 3 nitrogen and oxygen atoms in total. The Morgan fingerprint density at radius 1 is 1.53 bits per heavy atom. The predicted octanol–water partition coefficient (Wildman–Crippen LogP) is 1.75. The number of piperazine rings is 1. The van der Waals surface area contributed by atoms with Gasteiger partial charge in [0, 0.05) is 24.7 Å². The molecule has 0 aromatic heterocycles. The summed E-state index contributed by atoms with van der Waals surface area (Å²) in [7, 11) is 0. The third-order valence-corrected chi connectivity index (χ3v) is 3.06. The van der Waals surface area contributed by atoms with Crippen molar-refractivity contribution in [3.05, 3.63) is 0 Å². The van der Waals surface area contributed by atoms with Crippen LogP contribution in [-0.2, 0) is 0 Å². The summed E-state index contributed by atoms with van der Waals surface area (Å²) in [5.41, 5.74) is 0.194. The van der Waals surface area contributed by atoms with E-state index < -0.39 is 0 Å². The SMILES string of the molecule is CCCCN1CC(C)(C)NCC1CC#N. The van der Waals surface area contributed by atoms with Crippen molar-refractivity contribution in [2.45, 2.75) is 51.6 Å². The molecule has 1 N–H and O–H groups in total. The highest BCUT2D eigenvalue weighted by Gasteiger charge is 2.31. The zero-order chi connectivity index (χ0) is 11.3. The number of rotatable bonds is 4. The van der Waals surface area contributed by atoms with E-state index in [0.29, 0.717) is 12.5 Å². The Morgan fingerprint density at radius 3 is 2.87 bits per heavy atom. The molecule has 1 saturated heterocycles. The minimum atomic E-state index is 0.194. The average Bonchev–Trinajstić information content (AvgIpc) is 2.18. The standard InChI is InChI=1S/C12H23N3/c1-4-5-8-15-10-12(2,3)14-9-11(15)6-7-13/h11,14H,4-6,8-10H2,1-3H3. The van der Waals surface area contributed by atoms with Gasteiger partial charge in [-0.2, -0.15) is 5.26 Å². The van der Waals surface area contributed by atoms with Gasteiger partial charge in [-0.05, 0) is 26.8 Å². The van der Waals surface area contributed by atoms with Gasteiger partial charge in [-0.25, -0.2) is 0 Å². The first-order chi connectivity index (χ1) is 7.09. The number of nitriles is 1. The molecule has 1 heterocycles. The van der Waals surface area contributed by atoms with Crippen molar-refractivity contribution in [2.75, 3.05) is 19.6 Å². The van der Waals surface area contributed by atoms with Crippen LogP contribution in [0.25, 0.3) is 0 Å². The molecule has 3 heteroatoms. The van der Waals surface area contributed by atoms with E-state index in [0.717, 1.165) is 19.6 Å². The molecule has 1 fully saturated rings. The molecule has 0 aliphatic carbocycles. The molecular weight excluding hydrogens is 186 g/mol. The van der Waals surface area contributed by atoms with Crippen LogP contribution < -0.4 is 5.32 Å². The van der Waals surface area contributed by atoms with Gasteiger partial charge in [0.25, 0.3) is 0 Å². The van der Waals surface area contributed by atoms with Crippen molar-refractivity contribution in [3.63, 3.8) is 0 Å². The predicted molar refractivity (Wildman–Crippen MR) is 62.6 cm³/mol. The van der Waals surface area contributed by atoms with Crippen LogP contribution in [0, 0.1) is 11.3 Å². The van der Waals surface area contributed by atoms with Gasteiger partial charge < -0.3 is 5.32 Å². The molecule has 1 aliphatic heterocycles. The Morgan fingerprint density at radius 2 is 2.27 bits per heavy atom. The average molecular weight is 209 g/mol. The van der Waals surface area contributed by atoms with Gasteiger partial charge in [-0.15, -0.1) is 0 Å². The Kier molecular flexibility index (Phi) is 4.56. The molecule has 0 saturated carbocycles. The molecule has 0 bridgehead atoms. The first-order valence-electron chi connectivity index (χ1n) is 5.95. The lowest BCUT2D eigenvalue weighted by Crippen LogP contribution is -2.61. The van der Waals surface area contributed by atoms with Gasteiger partial charge in [-0.1, -0.05) is 13.3 Å². The molecule has 0 aromatic carbocycles. The van der Waals surface area contributed by atoms with E-state index in [1.807, 2.05) is 0 Å². The second kappa shape index (κ2) is 5.48. The van der Waals surface area contributed by atoms with Crippen LogP contribution in [0.2, 0.25) is 0 Å². The fourth-order valence-corrected chi connectivity index (χ4v) is 2.15. The Hall–Kier alpha value is -0.590. The number of unbranched alkanes of at least 4 members (excludes halogenated alkanes) is 1. The summed E-state index contributed by atoms with van der Waals surface area (Å²) in [4.78, 5) is 2.48. The fraction of sp³-hybridized carbons (Fsp3) is 0.917. The van der Waals surface area contributed by atoms with Gasteiger partial charge in [0.05, 0.1) is 12.5 Å². The lowest BCUT2D eigenvalue weighted by molar-refractivity contribution is 0.0959. The molecule has 0 spiro atoms. The fourth-order valence-electron chi connectivity index (χ4n) is 2.15. The Labute approximate surface area is 93.5 Å². The number of nitrogens with zero attached hydrogens (tertiary/aromatic N) is 2. The Balaban J connectivity index is 2.53. The molecule has 1 atom stereocenters. The quantitative estimate of drug-likeness (QED) is 0.766. The number of hydrogen-bond acceptors (Lipinski definition) is 3. The third-order valence-electron chi connectivity index (χ3n) is 3.06. The topological polar surface area (TPSA) is 39.1 Å². The second-order valence-electron chi connectivity index (χ2n) is 5.10. The largest absolute Gasteiger partial charge is 0.309 e. The van der Waals surface area contributed by atoms with Crippen molar-refractivity contribution >= 4 is 0 Å². The van der Waals surface area contributed by atoms with Crippen molar-refractivity contribution in [1.82, 2.24) is 10.2 Å².